The number of carbonyl (C=O) groups excluding carboxylic acids is 1. The Labute approximate surface area is 101 Å². The van der Waals surface area contributed by atoms with Gasteiger partial charge in [-0.2, -0.15) is 5.10 Å². The van der Waals surface area contributed by atoms with Crippen LogP contribution in [0.4, 0.5) is 0 Å². The monoisotopic (exact) mass is 244 g/mol. The van der Waals surface area contributed by atoms with Crippen molar-refractivity contribution in [2.45, 2.75) is 40.2 Å². The second-order valence-corrected chi connectivity index (χ2v) is 4.93. The Morgan fingerprint density at radius 1 is 1.50 bits per heavy atom. The standard InChI is InChI=1S/C11H17ClN2O2/c1-6-16-10(15)9-8(12)7(2)13-14(9)11(3,4)5/h6H2,1-5H3. The fourth-order valence-corrected chi connectivity index (χ4v) is 1.56. The topological polar surface area (TPSA) is 44.1 Å². The van der Waals surface area contributed by atoms with E-state index >= 15 is 0 Å². The van der Waals surface area contributed by atoms with Gasteiger partial charge in [0.1, 0.15) is 0 Å². The average Bonchev–Trinajstić information content (AvgIpc) is 2.43. The summed E-state index contributed by atoms with van der Waals surface area (Å²) >= 11 is 6.07. The molecule has 0 aliphatic heterocycles. The summed E-state index contributed by atoms with van der Waals surface area (Å²) in [4.78, 5) is 11.8. The Kier molecular flexibility index (Phi) is 3.63. The molecular formula is C11H17ClN2O2. The van der Waals surface area contributed by atoms with Crippen molar-refractivity contribution in [3.05, 3.63) is 16.4 Å². The Morgan fingerprint density at radius 2 is 2.06 bits per heavy atom. The molecule has 1 aromatic heterocycles. The molecule has 0 aromatic carbocycles. The van der Waals surface area contributed by atoms with Crippen LogP contribution >= 0.6 is 11.6 Å². The van der Waals surface area contributed by atoms with Gasteiger partial charge in [-0.15, -0.1) is 0 Å². The lowest BCUT2D eigenvalue weighted by Crippen LogP contribution is -2.28. The molecule has 0 N–H and O–H groups in total. The summed E-state index contributed by atoms with van der Waals surface area (Å²) in [5, 5.41) is 4.64. The Balaban J connectivity index is 3.30. The van der Waals surface area contributed by atoms with Crippen LogP contribution in [0, 0.1) is 6.92 Å². The van der Waals surface area contributed by atoms with Crippen LogP contribution in [-0.4, -0.2) is 22.4 Å². The van der Waals surface area contributed by atoms with E-state index in [-0.39, 0.29) is 5.54 Å². The minimum absolute atomic E-state index is 0.306. The molecule has 0 aliphatic rings. The minimum atomic E-state index is -0.428. The fourth-order valence-electron chi connectivity index (χ4n) is 1.37. The van der Waals surface area contributed by atoms with E-state index in [1.807, 2.05) is 20.8 Å². The number of aromatic nitrogens is 2. The van der Waals surface area contributed by atoms with Gasteiger partial charge in [0.25, 0.3) is 0 Å². The number of nitrogens with zero attached hydrogens (tertiary/aromatic N) is 2. The zero-order chi connectivity index (χ0) is 12.5. The third kappa shape index (κ3) is 2.38. The number of hydrogen-bond acceptors (Lipinski definition) is 3. The van der Waals surface area contributed by atoms with Crippen molar-refractivity contribution in [3.8, 4) is 0 Å². The van der Waals surface area contributed by atoms with Crippen LogP contribution in [0.3, 0.4) is 0 Å². The van der Waals surface area contributed by atoms with Crippen LogP contribution in [0.15, 0.2) is 0 Å². The van der Waals surface area contributed by atoms with E-state index < -0.39 is 5.97 Å². The van der Waals surface area contributed by atoms with Crippen LogP contribution in [0.1, 0.15) is 43.9 Å². The van der Waals surface area contributed by atoms with Crippen molar-refractivity contribution in [3.63, 3.8) is 0 Å². The van der Waals surface area contributed by atoms with Gasteiger partial charge in [0.2, 0.25) is 0 Å². The maximum Gasteiger partial charge on any atom is 0.358 e. The molecule has 0 amide bonds. The third-order valence-electron chi connectivity index (χ3n) is 2.09. The van der Waals surface area contributed by atoms with Gasteiger partial charge < -0.3 is 4.74 Å². The van der Waals surface area contributed by atoms with Crippen molar-refractivity contribution >= 4 is 17.6 Å². The number of ether oxygens (including phenoxy) is 1. The van der Waals surface area contributed by atoms with E-state index in [9.17, 15) is 4.79 Å². The summed E-state index contributed by atoms with van der Waals surface area (Å²) in [6.45, 7) is 9.72. The van der Waals surface area contributed by atoms with Crippen molar-refractivity contribution in [2.75, 3.05) is 6.61 Å². The van der Waals surface area contributed by atoms with Crippen LogP contribution in [-0.2, 0) is 10.3 Å². The van der Waals surface area contributed by atoms with Crippen LogP contribution in [0.5, 0.6) is 0 Å². The highest BCUT2D eigenvalue weighted by Gasteiger charge is 2.27. The van der Waals surface area contributed by atoms with Gasteiger partial charge in [-0.05, 0) is 34.6 Å². The fraction of sp³-hybridized carbons (Fsp3) is 0.636. The van der Waals surface area contributed by atoms with Crippen molar-refractivity contribution < 1.29 is 9.53 Å². The molecule has 4 nitrogen and oxygen atoms in total. The number of halogens is 1. The molecule has 0 atom stereocenters. The first-order chi connectivity index (χ1) is 7.29. The van der Waals surface area contributed by atoms with Crippen LogP contribution < -0.4 is 0 Å². The highest BCUT2D eigenvalue weighted by molar-refractivity contribution is 6.34. The third-order valence-corrected chi connectivity index (χ3v) is 2.54. The Morgan fingerprint density at radius 3 is 2.50 bits per heavy atom. The molecule has 0 bridgehead atoms. The summed E-state index contributed by atoms with van der Waals surface area (Å²) in [6.07, 6.45) is 0. The number of carbonyl (C=O) groups is 1. The van der Waals surface area contributed by atoms with Crippen LogP contribution in [0.2, 0.25) is 5.02 Å². The molecule has 0 fully saturated rings. The summed E-state index contributed by atoms with van der Waals surface area (Å²) in [7, 11) is 0. The highest BCUT2D eigenvalue weighted by atomic mass is 35.5. The zero-order valence-electron chi connectivity index (χ0n) is 10.3. The maximum atomic E-state index is 11.8. The van der Waals surface area contributed by atoms with Crippen molar-refractivity contribution in [1.82, 2.24) is 9.78 Å². The quantitative estimate of drug-likeness (QED) is 0.752. The number of rotatable bonds is 2. The predicted molar refractivity (Wildman–Crippen MR) is 62.9 cm³/mol. The largest absolute Gasteiger partial charge is 0.461 e. The molecule has 16 heavy (non-hydrogen) atoms. The first-order valence-corrected chi connectivity index (χ1v) is 5.59. The molecule has 5 heteroatoms. The first-order valence-electron chi connectivity index (χ1n) is 5.21. The van der Waals surface area contributed by atoms with E-state index in [0.717, 1.165) is 0 Å². The van der Waals surface area contributed by atoms with Crippen LogP contribution in [0.25, 0.3) is 0 Å². The summed E-state index contributed by atoms with van der Waals surface area (Å²) in [6, 6.07) is 0. The molecule has 0 spiro atoms. The smallest absolute Gasteiger partial charge is 0.358 e. The normalized spacial score (nSPS) is 11.6. The van der Waals surface area contributed by atoms with Gasteiger partial charge >= 0.3 is 5.97 Å². The zero-order valence-corrected chi connectivity index (χ0v) is 11.1. The lowest BCUT2D eigenvalue weighted by Gasteiger charge is -2.21. The Bertz CT molecular complexity index is 405. The molecule has 0 aliphatic carbocycles. The summed E-state index contributed by atoms with van der Waals surface area (Å²) in [5.74, 6) is -0.428. The maximum absolute atomic E-state index is 11.8. The van der Waals surface area contributed by atoms with Gasteiger partial charge in [0.05, 0.1) is 22.9 Å². The second-order valence-electron chi connectivity index (χ2n) is 4.55. The van der Waals surface area contributed by atoms with Gasteiger partial charge in [-0.1, -0.05) is 11.6 Å². The number of esters is 1. The number of hydrogen-bond donors (Lipinski definition) is 0. The van der Waals surface area contributed by atoms with E-state index in [0.29, 0.717) is 23.0 Å². The first kappa shape index (κ1) is 13.0. The Hall–Kier alpha value is -1.03. The minimum Gasteiger partial charge on any atom is -0.461 e. The molecule has 1 rings (SSSR count). The second kappa shape index (κ2) is 4.45. The lowest BCUT2D eigenvalue weighted by molar-refractivity contribution is 0.0504. The molecule has 0 saturated heterocycles. The van der Waals surface area contributed by atoms with Gasteiger partial charge in [-0.25, -0.2) is 4.79 Å². The molecule has 1 aromatic rings. The van der Waals surface area contributed by atoms with Gasteiger partial charge in [0.15, 0.2) is 5.69 Å². The van der Waals surface area contributed by atoms with E-state index in [1.165, 1.54) is 0 Å². The molecule has 0 unspecified atom stereocenters. The van der Waals surface area contributed by atoms with E-state index in [2.05, 4.69) is 5.10 Å². The molecule has 0 saturated carbocycles. The van der Waals surface area contributed by atoms with Gasteiger partial charge in [-0.3, -0.25) is 4.68 Å². The molecular weight excluding hydrogens is 228 g/mol. The molecule has 0 radical (unpaired) electrons. The molecule has 1 heterocycles. The SMILES string of the molecule is CCOC(=O)c1c(Cl)c(C)nn1C(C)(C)C. The van der Waals surface area contributed by atoms with E-state index in [4.69, 9.17) is 16.3 Å². The number of aryl methyl sites for hydroxylation is 1. The lowest BCUT2D eigenvalue weighted by atomic mass is 10.1. The highest BCUT2D eigenvalue weighted by Crippen LogP contribution is 2.26. The summed E-state index contributed by atoms with van der Waals surface area (Å²) in [5.41, 5.74) is 0.660. The van der Waals surface area contributed by atoms with Crippen molar-refractivity contribution in [1.29, 1.82) is 0 Å². The van der Waals surface area contributed by atoms with Gasteiger partial charge in [0, 0.05) is 0 Å². The molecule has 90 valence electrons. The summed E-state index contributed by atoms with van der Waals surface area (Å²) < 4.78 is 6.59. The average molecular weight is 245 g/mol. The predicted octanol–water partition coefficient (Wildman–Crippen LogP) is 2.78. The van der Waals surface area contributed by atoms with E-state index in [1.54, 1.807) is 18.5 Å². The van der Waals surface area contributed by atoms with Crippen molar-refractivity contribution in [2.24, 2.45) is 0 Å².